The topological polar surface area (TPSA) is 66.4 Å². The highest BCUT2D eigenvalue weighted by atomic mass is 16.4. The van der Waals surface area contributed by atoms with E-state index in [1.54, 1.807) is 13.8 Å². The Labute approximate surface area is 110 Å². The van der Waals surface area contributed by atoms with E-state index in [1.165, 1.54) is 0 Å². The molecule has 0 saturated carbocycles. The van der Waals surface area contributed by atoms with E-state index < -0.39 is 11.4 Å². The molecule has 0 heterocycles. The van der Waals surface area contributed by atoms with Crippen molar-refractivity contribution in [1.82, 2.24) is 5.32 Å². The lowest BCUT2D eigenvalue weighted by atomic mass is 9.84. The number of carbonyl (C=O) groups excluding carboxylic acids is 1. The van der Waals surface area contributed by atoms with Crippen molar-refractivity contribution >= 4 is 11.9 Å². The van der Waals surface area contributed by atoms with Crippen LogP contribution in [-0.4, -0.2) is 23.5 Å². The van der Waals surface area contributed by atoms with Crippen molar-refractivity contribution in [2.75, 3.05) is 6.54 Å². The number of hydrogen-bond donors (Lipinski definition) is 2. The van der Waals surface area contributed by atoms with Gasteiger partial charge in [-0.1, -0.05) is 27.7 Å². The molecule has 0 aromatic heterocycles. The average Bonchev–Trinajstić information content (AvgIpc) is 2.11. The Hall–Kier alpha value is -1.06. The summed E-state index contributed by atoms with van der Waals surface area (Å²) in [6, 6.07) is 0. The zero-order valence-electron chi connectivity index (χ0n) is 12.5. The Balaban J connectivity index is 4.10. The van der Waals surface area contributed by atoms with Gasteiger partial charge in [-0.3, -0.25) is 9.59 Å². The summed E-state index contributed by atoms with van der Waals surface area (Å²) >= 11 is 0. The predicted molar refractivity (Wildman–Crippen MR) is 72.3 cm³/mol. The smallest absolute Gasteiger partial charge is 0.310 e. The second-order valence-corrected chi connectivity index (χ2v) is 7.04. The van der Waals surface area contributed by atoms with Crippen molar-refractivity contribution in [1.29, 1.82) is 0 Å². The molecule has 106 valence electrons. The summed E-state index contributed by atoms with van der Waals surface area (Å²) in [5.74, 6) is -0.662. The van der Waals surface area contributed by atoms with Gasteiger partial charge in [-0.25, -0.2) is 0 Å². The number of carbonyl (C=O) groups is 2. The fourth-order valence-corrected chi connectivity index (χ4v) is 1.90. The summed E-state index contributed by atoms with van der Waals surface area (Å²) in [6.07, 6.45) is 1.43. The minimum atomic E-state index is -0.914. The van der Waals surface area contributed by atoms with Gasteiger partial charge in [0.15, 0.2) is 0 Å². The molecule has 0 radical (unpaired) electrons. The second-order valence-electron chi connectivity index (χ2n) is 7.04. The summed E-state index contributed by atoms with van der Waals surface area (Å²) in [5, 5.41) is 11.6. The molecule has 0 aromatic carbocycles. The van der Waals surface area contributed by atoms with Crippen LogP contribution in [0.4, 0.5) is 0 Å². The molecule has 18 heavy (non-hydrogen) atoms. The van der Waals surface area contributed by atoms with Crippen LogP contribution in [0.3, 0.4) is 0 Å². The predicted octanol–water partition coefficient (Wildman–Crippen LogP) is 2.68. The van der Waals surface area contributed by atoms with Crippen LogP contribution in [-0.2, 0) is 9.59 Å². The van der Waals surface area contributed by atoms with Crippen LogP contribution < -0.4 is 5.32 Å². The van der Waals surface area contributed by atoms with E-state index in [0.29, 0.717) is 12.3 Å². The van der Waals surface area contributed by atoms with Crippen molar-refractivity contribution in [2.24, 2.45) is 16.7 Å². The molecule has 0 aliphatic rings. The summed E-state index contributed by atoms with van der Waals surface area (Å²) in [5.41, 5.74) is -0.705. The van der Waals surface area contributed by atoms with Crippen LogP contribution in [0.15, 0.2) is 0 Å². The first-order valence-corrected chi connectivity index (χ1v) is 6.44. The maximum atomic E-state index is 11.7. The lowest BCUT2D eigenvalue weighted by Crippen LogP contribution is -2.39. The van der Waals surface area contributed by atoms with Gasteiger partial charge in [0.25, 0.3) is 0 Å². The van der Waals surface area contributed by atoms with Gasteiger partial charge in [0, 0.05) is 13.0 Å². The van der Waals surface area contributed by atoms with Crippen molar-refractivity contribution in [3.63, 3.8) is 0 Å². The molecule has 4 nitrogen and oxygen atoms in total. The monoisotopic (exact) mass is 257 g/mol. The molecule has 1 amide bonds. The van der Waals surface area contributed by atoms with Crippen molar-refractivity contribution in [3.05, 3.63) is 0 Å². The van der Waals surface area contributed by atoms with Gasteiger partial charge in [-0.05, 0) is 31.6 Å². The number of hydrogen-bond acceptors (Lipinski definition) is 2. The van der Waals surface area contributed by atoms with E-state index in [1.807, 2.05) is 6.92 Å². The van der Waals surface area contributed by atoms with Crippen LogP contribution in [0.2, 0.25) is 0 Å². The number of carboxylic acids is 1. The van der Waals surface area contributed by atoms with E-state index in [-0.39, 0.29) is 17.9 Å². The third kappa shape index (κ3) is 7.30. The summed E-state index contributed by atoms with van der Waals surface area (Å²) in [7, 11) is 0. The van der Waals surface area contributed by atoms with Crippen LogP contribution in [0, 0.1) is 16.7 Å². The lowest BCUT2D eigenvalue weighted by Gasteiger charge is -2.24. The normalized spacial score (nSPS) is 14.1. The Morgan fingerprint density at radius 3 is 2.06 bits per heavy atom. The van der Waals surface area contributed by atoms with E-state index in [0.717, 1.165) is 6.42 Å². The highest BCUT2D eigenvalue weighted by molar-refractivity contribution is 5.78. The SMILES string of the molecule is CC(CC(=O)NCC(C)(C)C(=O)O)CC(C)(C)C. The molecule has 0 saturated heterocycles. The van der Waals surface area contributed by atoms with Gasteiger partial charge in [-0.15, -0.1) is 0 Å². The molecule has 0 aliphatic heterocycles. The first kappa shape index (κ1) is 16.9. The molecular formula is C14H27NO3. The lowest BCUT2D eigenvalue weighted by molar-refractivity contribution is -0.146. The van der Waals surface area contributed by atoms with Gasteiger partial charge in [0.05, 0.1) is 5.41 Å². The third-order valence-corrected chi connectivity index (χ3v) is 2.80. The van der Waals surface area contributed by atoms with Gasteiger partial charge < -0.3 is 10.4 Å². The van der Waals surface area contributed by atoms with E-state index in [4.69, 9.17) is 5.11 Å². The Kier molecular flexibility index (Phi) is 5.84. The largest absolute Gasteiger partial charge is 0.481 e. The zero-order valence-corrected chi connectivity index (χ0v) is 12.5. The molecular weight excluding hydrogens is 230 g/mol. The Bertz CT molecular complexity index is 303. The number of amides is 1. The van der Waals surface area contributed by atoms with Gasteiger partial charge in [0.1, 0.15) is 0 Å². The quantitative estimate of drug-likeness (QED) is 0.768. The highest BCUT2D eigenvalue weighted by Gasteiger charge is 2.27. The van der Waals surface area contributed by atoms with Crippen LogP contribution in [0.1, 0.15) is 54.4 Å². The van der Waals surface area contributed by atoms with E-state index in [2.05, 4.69) is 26.1 Å². The van der Waals surface area contributed by atoms with Crippen LogP contribution in [0.5, 0.6) is 0 Å². The molecule has 0 fully saturated rings. The average molecular weight is 257 g/mol. The third-order valence-electron chi connectivity index (χ3n) is 2.80. The molecule has 1 unspecified atom stereocenters. The first-order valence-electron chi connectivity index (χ1n) is 6.44. The van der Waals surface area contributed by atoms with Crippen LogP contribution >= 0.6 is 0 Å². The fourth-order valence-electron chi connectivity index (χ4n) is 1.90. The molecule has 0 aromatic rings. The maximum Gasteiger partial charge on any atom is 0.310 e. The summed E-state index contributed by atoms with van der Waals surface area (Å²) < 4.78 is 0. The highest BCUT2D eigenvalue weighted by Crippen LogP contribution is 2.25. The van der Waals surface area contributed by atoms with Crippen molar-refractivity contribution in [2.45, 2.75) is 54.4 Å². The molecule has 2 N–H and O–H groups in total. The summed E-state index contributed by atoms with van der Waals surface area (Å²) in [4.78, 5) is 22.6. The minimum absolute atomic E-state index is 0.0684. The fraction of sp³-hybridized carbons (Fsp3) is 0.857. The van der Waals surface area contributed by atoms with Crippen molar-refractivity contribution < 1.29 is 14.7 Å². The van der Waals surface area contributed by atoms with Crippen molar-refractivity contribution in [3.8, 4) is 0 Å². The minimum Gasteiger partial charge on any atom is -0.481 e. The van der Waals surface area contributed by atoms with Gasteiger partial charge in [-0.2, -0.15) is 0 Å². The maximum absolute atomic E-state index is 11.7. The number of aliphatic carboxylic acids is 1. The molecule has 0 spiro atoms. The Morgan fingerprint density at radius 1 is 1.17 bits per heavy atom. The number of nitrogens with one attached hydrogen (secondary N) is 1. The molecule has 0 rings (SSSR count). The number of rotatable bonds is 6. The first-order chi connectivity index (χ1) is 7.94. The Morgan fingerprint density at radius 2 is 1.67 bits per heavy atom. The second kappa shape index (κ2) is 6.21. The molecule has 4 heteroatoms. The van der Waals surface area contributed by atoms with Gasteiger partial charge in [0.2, 0.25) is 5.91 Å². The molecule has 1 atom stereocenters. The standard InChI is InChI=1S/C14H27NO3/c1-10(8-13(2,3)4)7-11(16)15-9-14(5,6)12(17)18/h10H,7-9H2,1-6H3,(H,15,16)(H,17,18). The molecule has 0 aliphatic carbocycles. The van der Waals surface area contributed by atoms with Crippen LogP contribution in [0.25, 0.3) is 0 Å². The van der Waals surface area contributed by atoms with E-state index >= 15 is 0 Å². The number of carboxylic acid groups (broad SMARTS) is 1. The van der Waals surface area contributed by atoms with Gasteiger partial charge >= 0.3 is 5.97 Å². The summed E-state index contributed by atoms with van der Waals surface area (Å²) in [6.45, 7) is 11.9. The molecule has 0 bridgehead atoms. The van der Waals surface area contributed by atoms with E-state index in [9.17, 15) is 9.59 Å². The zero-order chi connectivity index (χ0) is 14.6.